The van der Waals surface area contributed by atoms with E-state index in [0.717, 1.165) is 82.7 Å². The lowest BCUT2D eigenvalue weighted by molar-refractivity contribution is -0.170. The van der Waals surface area contributed by atoms with E-state index in [4.69, 9.17) is 9.47 Å². The number of esters is 2. The van der Waals surface area contributed by atoms with Gasteiger partial charge in [0.05, 0.1) is 12.3 Å². The van der Waals surface area contributed by atoms with Gasteiger partial charge >= 0.3 is 11.9 Å². The van der Waals surface area contributed by atoms with Gasteiger partial charge in [-0.05, 0) is 184 Å². The first-order chi connectivity index (χ1) is 46.5. The fraction of sp³-hybridized carbons (Fsp3) is 0.140. The van der Waals surface area contributed by atoms with Crippen LogP contribution in [0.4, 0.5) is 0 Å². The largest absolute Gasteiger partial charge is 0.420 e. The summed E-state index contributed by atoms with van der Waals surface area (Å²) in [5, 5.41) is 14.5. The van der Waals surface area contributed by atoms with Gasteiger partial charge in [0.25, 0.3) is 0 Å². The van der Waals surface area contributed by atoms with Crippen LogP contribution < -0.4 is 63.7 Å². The van der Waals surface area contributed by atoms with E-state index >= 15 is 9.59 Å². The minimum Gasteiger partial charge on any atom is -0.418 e. The number of carbonyl (C=O) groups is 2. The molecule has 12 rings (SSSR count). The maximum absolute atomic E-state index is 15.9. The highest BCUT2D eigenvalue weighted by molar-refractivity contribution is 7.97. The molecule has 0 fully saturated rings. The number of carbonyl (C=O) groups excluding carboxylic acids is 2. The molecule has 94 heavy (non-hydrogen) atoms. The summed E-state index contributed by atoms with van der Waals surface area (Å²) >= 11 is 0. The van der Waals surface area contributed by atoms with Crippen LogP contribution in [-0.2, 0) is 19.1 Å². The monoisotopic (exact) mass is 1300 g/mol. The van der Waals surface area contributed by atoms with Crippen LogP contribution in [0.25, 0.3) is 0 Å². The molecule has 0 saturated heterocycles. The molecule has 8 heteroatoms. The minimum atomic E-state index is -2.93. The van der Waals surface area contributed by atoms with Crippen molar-refractivity contribution in [2.45, 2.75) is 63.1 Å². The van der Waals surface area contributed by atoms with E-state index in [2.05, 4.69) is 328 Å². The van der Waals surface area contributed by atoms with Crippen LogP contribution in [-0.4, -0.2) is 36.0 Å². The number of rotatable bonds is 28. The molecule has 0 aliphatic carbocycles. The van der Waals surface area contributed by atoms with Gasteiger partial charge in [0, 0.05) is 12.8 Å². The van der Waals surface area contributed by atoms with Crippen molar-refractivity contribution in [3.63, 3.8) is 0 Å². The van der Waals surface area contributed by atoms with Gasteiger partial charge in [-0.3, -0.25) is 0 Å². The summed E-state index contributed by atoms with van der Waals surface area (Å²) in [5.41, 5.74) is 0. The van der Waals surface area contributed by atoms with E-state index in [1.54, 1.807) is 0 Å². The van der Waals surface area contributed by atoms with Crippen molar-refractivity contribution in [3.8, 4) is 0 Å². The molecule has 0 spiro atoms. The minimum absolute atomic E-state index is 0.510. The summed E-state index contributed by atoms with van der Waals surface area (Å²) in [6, 6.07) is 130. The Labute approximate surface area is 559 Å². The Bertz CT molecular complexity index is 3560. The molecule has 0 aliphatic rings. The second-order valence-electron chi connectivity index (χ2n) is 24.0. The highest BCUT2D eigenvalue weighted by Gasteiger charge is 2.58. The molecule has 0 bridgehead atoms. The quantitative estimate of drug-likeness (QED) is 0.0212. The van der Waals surface area contributed by atoms with Crippen molar-refractivity contribution in [1.29, 1.82) is 0 Å². The third kappa shape index (κ3) is 13.9. The number of hydrogen-bond donors (Lipinski definition) is 0. The van der Waals surface area contributed by atoms with Crippen LogP contribution in [0.3, 0.4) is 0 Å². The SMILES string of the molecule is O=C(OC(CCCCC[P+](c1ccccc1)(c1ccccc1)c1ccccc1)[P+](c1ccccc1)(c1ccccc1)c1ccccc1)C(=O)OC(CCCCC[P+](c1ccccc1)(c1ccccc1)c1ccccc1)[P+](c1ccccc1)(c1ccccc1)c1ccccc1. The van der Waals surface area contributed by atoms with Gasteiger partial charge in [-0.25, -0.2) is 9.59 Å². The van der Waals surface area contributed by atoms with Gasteiger partial charge in [-0.2, -0.15) is 0 Å². The van der Waals surface area contributed by atoms with Crippen molar-refractivity contribution in [3.05, 3.63) is 364 Å². The second kappa shape index (κ2) is 32.0. The topological polar surface area (TPSA) is 52.6 Å². The van der Waals surface area contributed by atoms with Gasteiger partial charge in [0.1, 0.15) is 78.2 Å². The van der Waals surface area contributed by atoms with Crippen molar-refractivity contribution in [2.75, 3.05) is 12.3 Å². The molecule has 0 radical (unpaired) electrons. The molecule has 2 atom stereocenters. The standard InChI is InChI=1S/C86H82O4P4/c87-85(89-83(93(77-55-27-7-28-56-77,78-57-29-8-30-58-78)79-59-31-9-32-60-79)67-39-13-41-69-91(71-43-15-1-16-44-71,72-45-17-2-18-46-72)73-47-19-3-20-48-73)86(88)90-84(94(80-61-33-10-34-62-80,81-63-35-11-36-64-81)82-65-37-12-38-66-82)68-40-14-42-70-92(74-49-21-4-22-50-74,75-51-23-5-24-52-75)76-53-25-6-26-54-76/h1-12,15-38,43-66,83-84H,13-14,39-42,67-70H2/q+4. The van der Waals surface area contributed by atoms with Gasteiger partial charge in [0.15, 0.2) is 14.5 Å². The highest BCUT2D eigenvalue weighted by Crippen LogP contribution is 2.64. The molecule has 0 saturated carbocycles. The van der Waals surface area contributed by atoms with Crippen LogP contribution in [0.5, 0.6) is 0 Å². The summed E-state index contributed by atoms with van der Waals surface area (Å²) in [5.74, 6) is -3.43. The van der Waals surface area contributed by atoms with Crippen LogP contribution in [0.2, 0.25) is 0 Å². The van der Waals surface area contributed by atoms with Gasteiger partial charge in [-0.1, -0.05) is 218 Å². The first-order valence-electron chi connectivity index (χ1n) is 33.1. The Morgan fingerprint density at radius 2 is 0.372 bits per heavy atom. The zero-order chi connectivity index (χ0) is 64.1. The zero-order valence-electron chi connectivity index (χ0n) is 53.3. The van der Waals surface area contributed by atoms with Crippen LogP contribution >= 0.6 is 29.0 Å². The van der Waals surface area contributed by atoms with E-state index in [0.29, 0.717) is 12.8 Å². The zero-order valence-corrected chi connectivity index (χ0v) is 56.9. The maximum atomic E-state index is 15.9. The highest BCUT2D eigenvalue weighted by atomic mass is 31.2. The molecule has 12 aromatic carbocycles. The van der Waals surface area contributed by atoms with E-state index in [1.165, 1.54) is 31.8 Å². The molecule has 12 aromatic rings. The normalized spacial score (nSPS) is 12.5. The lowest BCUT2D eigenvalue weighted by Gasteiger charge is -2.35. The molecule has 4 nitrogen and oxygen atoms in total. The van der Waals surface area contributed by atoms with E-state index in [1.807, 2.05) is 36.4 Å². The first-order valence-corrected chi connectivity index (χ1v) is 40.8. The van der Waals surface area contributed by atoms with Crippen LogP contribution in [0.15, 0.2) is 364 Å². The third-order valence-corrected chi connectivity index (χ3v) is 36.8. The van der Waals surface area contributed by atoms with Gasteiger partial charge in [-0.15, -0.1) is 0 Å². The van der Waals surface area contributed by atoms with Crippen molar-refractivity contribution >= 4 is 105 Å². The summed E-state index contributed by atoms with van der Waals surface area (Å²) in [4.78, 5) is 31.8. The van der Waals surface area contributed by atoms with Crippen molar-refractivity contribution < 1.29 is 19.1 Å². The molecule has 0 N–H and O–H groups in total. The van der Waals surface area contributed by atoms with E-state index in [9.17, 15) is 0 Å². The number of benzene rings is 12. The average Bonchev–Trinajstić information content (AvgIpc) is 0.753. The van der Waals surface area contributed by atoms with Crippen molar-refractivity contribution in [1.82, 2.24) is 0 Å². The molecule has 2 unspecified atom stereocenters. The van der Waals surface area contributed by atoms with Crippen LogP contribution in [0.1, 0.15) is 51.4 Å². The molecule has 0 aliphatic heterocycles. The number of ether oxygens (including phenoxy) is 2. The smallest absolute Gasteiger partial charge is 0.418 e. The molecular weight excluding hydrogens is 1220 g/mol. The molecular formula is C86H82O4P4+4. The van der Waals surface area contributed by atoms with Gasteiger partial charge < -0.3 is 9.47 Å². The second-order valence-corrected chi connectivity index (χ2v) is 38.3. The summed E-state index contributed by atoms with van der Waals surface area (Å²) in [6.07, 6.45) is 8.04. The Balaban J connectivity index is 0.912. The fourth-order valence-corrected chi connectivity index (χ4v) is 32.4. The Morgan fingerprint density at radius 1 is 0.213 bits per heavy atom. The first kappa shape index (κ1) is 65.4. The summed E-state index contributed by atoms with van der Waals surface area (Å²) in [7, 11) is -10.1. The molecule has 0 heterocycles. The number of unbranched alkanes of at least 4 members (excludes halogenated alkanes) is 4. The fourth-order valence-electron chi connectivity index (χ4n) is 14.3. The van der Waals surface area contributed by atoms with Crippen LogP contribution in [0, 0.1) is 0 Å². The third-order valence-electron chi connectivity index (χ3n) is 18.6. The molecule has 0 aromatic heterocycles. The summed E-state index contributed by atoms with van der Waals surface area (Å²) in [6.45, 7) is 0. The van der Waals surface area contributed by atoms with E-state index < -0.39 is 52.7 Å². The summed E-state index contributed by atoms with van der Waals surface area (Å²) < 4.78 is 14.4. The average molecular weight is 1300 g/mol. The van der Waals surface area contributed by atoms with Crippen molar-refractivity contribution in [2.24, 2.45) is 0 Å². The molecule has 466 valence electrons. The lowest BCUT2D eigenvalue weighted by atomic mass is 10.2. The predicted molar refractivity (Wildman–Crippen MR) is 407 cm³/mol. The lowest BCUT2D eigenvalue weighted by Crippen LogP contribution is -2.44. The Hall–Kier alpha value is -8.70. The Morgan fingerprint density at radius 3 is 0.543 bits per heavy atom. The molecule has 0 amide bonds. The van der Waals surface area contributed by atoms with E-state index in [-0.39, 0.29) is 0 Å². The predicted octanol–water partition coefficient (Wildman–Crippen LogP) is 15.8. The Kier molecular flexibility index (Phi) is 22.2. The number of hydrogen-bond acceptors (Lipinski definition) is 4. The van der Waals surface area contributed by atoms with Gasteiger partial charge in [0.2, 0.25) is 11.7 Å². The maximum Gasteiger partial charge on any atom is 0.420 e.